The van der Waals surface area contributed by atoms with Gasteiger partial charge in [0.25, 0.3) is 0 Å². The van der Waals surface area contributed by atoms with Crippen LogP contribution in [0.15, 0.2) is 42.5 Å². The van der Waals surface area contributed by atoms with E-state index in [-0.39, 0.29) is 29.4 Å². The van der Waals surface area contributed by atoms with E-state index >= 15 is 0 Å². The van der Waals surface area contributed by atoms with Gasteiger partial charge in [0.2, 0.25) is 0 Å². The second-order valence-corrected chi connectivity index (χ2v) is 10.3. The summed E-state index contributed by atoms with van der Waals surface area (Å²) in [4.78, 5) is 15.4. The van der Waals surface area contributed by atoms with Gasteiger partial charge in [-0.05, 0) is 103 Å². The Bertz CT molecular complexity index is 1060. The van der Waals surface area contributed by atoms with Crippen LogP contribution in [-0.4, -0.2) is 43.3 Å². The predicted octanol–water partition coefficient (Wildman–Crippen LogP) is 5.54. The lowest BCUT2D eigenvalue weighted by molar-refractivity contribution is -0.0498. The van der Waals surface area contributed by atoms with Crippen LogP contribution in [0.5, 0.6) is 5.75 Å². The third-order valence-corrected chi connectivity index (χ3v) is 8.38. The Morgan fingerprint density at radius 1 is 1.03 bits per heavy atom. The number of hydrogen-bond acceptors (Lipinski definition) is 4. The average molecular weight is 469 g/mol. The molecule has 2 atom stereocenters. The Balaban J connectivity index is 1.22. The second kappa shape index (κ2) is 8.52. The number of rotatable bonds is 5. The van der Waals surface area contributed by atoms with Crippen molar-refractivity contribution < 1.29 is 23.0 Å². The van der Waals surface area contributed by atoms with Crippen LogP contribution >= 0.6 is 0 Å². The summed E-state index contributed by atoms with van der Waals surface area (Å²) in [6.45, 7) is 0.240. The molecular weight excluding hydrogens is 438 g/mol. The summed E-state index contributed by atoms with van der Waals surface area (Å²) in [7, 11) is 0. The number of amides is 1. The lowest BCUT2D eigenvalue weighted by Gasteiger charge is -2.44. The minimum absolute atomic E-state index is 0.0129. The van der Waals surface area contributed by atoms with Crippen molar-refractivity contribution in [1.29, 1.82) is 0 Å². The van der Waals surface area contributed by atoms with Gasteiger partial charge in [-0.25, -0.2) is 4.79 Å². The number of aryl methyl sites for hydroxylation is 1. The number of nitrogens with one attached hydrogen (secondary N) is 1. The van der Waals surface area contributed by atoms with Gasteiger partial charge in [0.05, 0.1) is 6.04 Å². The number of carbonyl (C=O) groups excluding carboxylic acids is 1. The first-order chi connectivity index (χ1) is 16.5. The first-order valence-corrected chi connectivity index (χ1v) is 12.4. The molecular formula is C27H30F2N2O3. The SMILES string of the molecule is O=C(NC1c2cc(-c3ccc(OC(F)F)cc3)ccc2CCC12CC2)O[C@H]1CN2CCC1CC2. The van der Waals surface area contributed by atoms with Crippen LogP contribution in [0, 0.1) is 11.3 Å². The average Bonchev–Trinajstić information content (AvgIpc) is 3.62. The largest absolute Gasteiger partial charge is 0.445 e. The Kier molecular flexibility index (Phi) is 5.47. The van der Waals surface area contributed by atoms with Crippen LogP contribution in [0.2, 0.25) is 0 Å². The van der Waals surface area contributed by atoms with Gasteiger partial charge >= 0.3 is 12.7 Å². The molecule has 2 aromatic carbocycles. The molecule has 5 aliphatic rings. The molecule has 1 saturated carbocycles. The number of benzene rings is 2. The first-order valence-electron chi connectivity index (χ1n) is 12.4. The highest BCUT2D eigenvalue weighted by Crippen LogP contribution is 2.61. The molecule has 0 radical (unpaired) electrons. The summed E-state index contributed by atoms with van der Waals surface area (Å²) in [5.41, 5.74) is 4.45. The predicted molar refractivity (Wildman–Crippen MR) is 124 cm³/mol. The molecule has 1 N–H and O–H groups in total. The summed E-state index contributed by atoms with van der Waals surface area (Å²) in [5.74, 6) is 0.622. The van der Waals surface area contributed by atoms with Gasteiger partial charge < -0.3 is 14.8 Å². The van der Waals surface area contributed by atoms with E-state index in [1.54, 1.807) is 24.3 Å². The molecule has 1 spiro atoms. The monoisotopic (exact) mass is 468 g/mol. The summed E-state index contributed by atoms with van der Waals surface area (Å²) in [6, 6.07) is 13.0. The number of alkyl halides is 2. The van der Waals surface area contributed by atoms with Crippen LogP contribution in [0.25, 0.3) is 11.1 Å². The third kappa shape index (κ3) is 4.15. The summed E-state index contributed by atoms with van der Waals surface area (Å²) >= 11 is 0. The zero-order valence-electron chi connectivity index (χ0n) is 19.1. The van der Waals surface area contributed by atoms with Crippen molar-refractivity contribution in [2.24, 2.45) is 11.3 Å². The second-order valence-electron chi connectivity index (χ2n) is 10.3. The number of ether oxygens (including phenoxy) is 2. The van der Waals surface area contributed by atoms with Gasteiger partial charge in [-0.3, -0.25) is 4.90 Å². The molecule has 2 aromatic rings. The molecule has 7 rings (SSSR count). The lowest BCUT2D eigenvalue weighted by Crippen LogP contribution is -2.53. The number of nitrogens with zero attached hydrogens (tertiary/aromatic N) is 1. The van der Waals surface area contributed by atoms with Gasteiger partial charge in [0.15, 0.2) is 0 Å². The maximum Gasteiger partial charge on any atom is 0.407 e. The lowest BCUT2D eigenvalue weighted by atomic mass is 9.76. The number of carbonyl (C=O) groups is 1. The highest BCUT2D eigenvalue weighted by atomic mass is 19.3. The van der Waals surface area contributed by atoms with E-state index in [1.807, 2.05) is 0 Å². The van der Waals surface area contributed by atoms with E-state index in [9.17, 15) is 13.6 Å². The third-order valence-electron chi connectivity index (χ3n) is 8.38. The maximum atomic E-state index is 13.0. The molecule has 3 heterocycles. The zero-order chi connectivity index (χ0) is 23.3. The fourth-order valence-electron chi connectivity index (χ4n) is 6.22. The Hall–Kier alpha value is -2.67. The molecule has 34 heavy (non-hydrogen) atoms. The van der Waals surface area contributed by atoms with Gasteiger partial charge in [-0.1, -0.05) is 24.3 Å². The van der Waals surface area contributed by atoms with Gasteiger partial charge in [0, 0.05) is 6.54 Å². The standard InChI is InChI=1S/C27H30F2N2O3/c28-25(29)33-21-5-3-17(4-6-21)20-2-1-18-7-10-27(11-12-27)24(22(18)15-20)30-26(32)34-23-16-31-13-8-19(23)9-14-31/h1-6,15,19,23-25H,7-14,16H2,(H,30,32)/t23-,24?/m0/s1. The van der Waals surface area contributed by atoms with Crippen molar-refractivity contribution in [3.8, 4) is 16.9 Å². The van der Waals surface area contributed by atoms with E-state index in [1.165, 1.54) is 5.56 Å². The van der Waals surface area contributed by atoms with Crippen molar-refractivity contribution in [2.75, 3.05) is 19.6 Å². The van der Waals surface area contributed by atoms with Crippen LogP contribution < -0.4 is 10.1 Å². The molecule has 2 aliphatic carbocycles. The van der Waals surface area contributed by atoms with Crippen LogP contribution in [0.1, 0.15) is 49.3 Å². The molecule has 5 nitrogen and oxygen atoms in total. The molecule has 3 aliphatic heterocycles. The van der Waals surface area contributed by atoms with Gasteiger partial charge in [0.1, 0.15) is 11.9 Å². The van der Waals surface area contributed by atoms with E-state index in [2.05, 4.69) is 33.2 Å². The van der Waals surface area contributed by atoms with Crippen LogP contribution in [0.3, 0.4) is 0 Å². The molecule has 0 aromatic heterocycles. The quantitative estimate of drug-likeness (QED) is 0.626. The van der Waals surface area contributed by atoms with E-state index in [0.717, 1.165) is 74.8 Å². The molecule has 2 bridgehead atoms. The Morgan fingerprint density at radius 2 is 1.76 bits per heavy atom. The van der Waals surface area contributed by atoms with Crippen LogP contribution in [0.4, 0.5) is 13.6 Å². The van der Waals surface area contributed by atoms with Crippen molar-refractivity contribution in [3.05, 3.63) is 53.6 Å². The molecule has 180 valence electrons. The minimum Gasteiger partial charge on any atom is -0.445 e. The summed E-state index contributed by atoms with van der Waals surface area (Å²) in [6.07, 6.45) is 6.20. The molecule has 1 unspecified atom stereocenters. The summed E-state index contributed by atoms with van der Waals surface area (Å²) in [5, 5.41) is 3.26. The number of hydrogen-bond donors (Lipinski definition) is 1. The fourth-order valence-corrected chi connectivity index (χ4v) is 6.22. The molecule has 4 fully saturated rings. The van der Waals surface area contributed by atoms with Crippen molar-refractivity contribution in [2.45, 2.75) is 57.3 Å². The highest BCUT2D eigenvalue weighted by Gasteiger charge is 2.53. The van der Waals surface area contributed by atoms with E-state index in [4.69, 9.17) is 4.74 Å². The normalized spacial score (nSPS) is 28.4. The van der Waals surface area contributed by atoms with Crippen molar-refractivity contribution >= 4 is 6.09 Å². The maximum absolute atomic E-state index is 13.0. The number of halogens is 2. The summed E-state index contributed by atoms with van der Waals surface area (Å²) < 4.78 is 35.4. The minimum atomic E-state index is -2.84. The Morgan fingerprint density at radius 3 is 2.41 bits per heavy atom. The van der Waals surface area contributed by atoms with Gasteiger partial charge in [-0.15, -0.1) is 0 Å². The van der Waals surface area contributed by atoms with Gasteiger partial charge in [-0.2, -0.15) is 8.78 Å². The topological polar surface area (TPSA) is 50.8 Å². The first kappa shape index (κ1) is 21.8. The smallest absolute Gasteiger partial charge is 0.407 e. The van der Waals surface area contributed by atoms with E-state index < -0.39 is 6.61 Å². The number of piperidine rings is 3. The zero-order valence-corrected chi connectivity index (χ0v) is 19.1. The molecule has 7 heteroatoms. The molecule has 3 saturated heterocycles. The van der Waals surface area contributed by atoms with Crippen LogP contribution in [-0.2, 0) is 11.2 Å². The highest BCUT2D eigenvalue weighted by molar-refractivity contribution is 5.70. The van der Waals surface area contributed by atoms with E-state index in [0.29, 0.717) is 5.92 Å². The number of alkyl carbamates (subject to hydrolysis) is 1. The van der Waals surface area contributed by atoms with Crippen molar-refractivity contribution in [1.82, 2.24) is 10.2 Å². The fraction of sp³-hybridized carbons (Fsp3) is 0.519. The molecule has 1 amide bonds. The van der Waals surface area contributed by atoms with Crippen molar-refractivity contribution in [3.63, 3.8) is 0 Å². The Labute approximate surface area is 198 Å². The number of fused-ring (bicyclic) bond motifs is 4.